The molecule has 112 valence electrons. The van der Waals surface area contributed by atoms with Crippen molar-refractivity contribution in [2.75, 3.05) is 0 Å². The highest BCUT2D eigenvalue weighted by molar-refractivity contribution is 7.19. The fourth-order valence-electron chi connectivity index (χ4n) is 2.51. The lowest BCUT2D eigenvalue weighted by Gasteiger charge is -1.99. The highest BCUT2D eigenvalue weighted by atomic mass is 32.1. The molecule has 2 heterocycles. The summed E-state index contributed by atoms with van der Waals surface area (Å²) in [4.78, 5) is 5.61. The highest BCUT2D eigenvalue weighted by Crippen LogP contribution is 2.39. The number of para-hydroxylation sites is 1. The van der Waals surface area contributed by atoms with E-state index in [9.17, 15) is 5.11 Å². The minimum atomic E-state index is 0.270. The number of aryl methyl sites for hydroxylation is 1. The van der Waals surface area contributed by atoms with Crippen LogP contribution in [0.5, 0.6) is 5.75 Å². The van der Waals surface area contributed by atoms with Crippen LogP contribution in [-0.2, 0) is 0 Å². The van der Waals surface area contributed by atoms with Gasteiger partial charge in [-0.1, -0.05) is 18.2 Å². The van der Waals surface area contributed by atoms with Crippen LogP contribution in [0.4, 0.5) is 11.5 Å². The molecule has 0 bridgehead atoms. The average molecular weight is 319 g/mol. The van der Waals surface area contributed by atoms with Gasteiger partial charge in [-0.05, 0) is 43.3 Å². The molecule has 2 aromatic heterocycles. The molecule has 4 rings (SSSR count). The van der Waals surface area contributed by atoms with E-state index in [4.69, 9.17) is 0 Å². The Bertz CT molecular complexity index is 1050. The minimum absolute atomic E-state index is 0.270. The van der Waals surface area contributed by atoms with Crippen molar-refractivity contribution in [1.29, 1.82) is 0 Å². The molecule has 0 atom stereocenters. The van der Waals surface area contributed by atoms with Crippen LogP contribution in [0.1, 0.15) is 4.88 Å². The van der Waals surface area contributed by atoms with Crippen LogP contribution in [0.25, 0.3) is 21.0 Å². The maximum atomic E-state index is 9.93. The van der Waals surface area contributed by atoms with E-state index < -0.39 is 0 Å². The molecule has 1 N–H and O–H groups in total. The van der Waals surface area contributed by atoms with E-state index in [2.05, 4.69) is 15.2 Å². The highest BCUT2D eigenvalue weighted by Gasteiger charge is 2.08. The van der Waals surface area contributed by atoms with Crippen molar-refractivity contribution in [2.24, 2.45) is 10.2 Å². The summed E-state index contributed by atoms with van der Waals surface area (Å²) in [5, 5.41) is 20.4. The molecule has 0 radical (unpaired) electrons. The van der Waals surface area contributed by atoms with E-state index in [1.807, 2.05) is 49.4 Å². The van der Waals surface area contributed by atoms with Crippen molar-refractivity contribution in [3.63, 3.8) is 0 Å². The quantitative estimate of drug-likeness (QED) is 0.469. The second kappa shape index (κ2) is 5.44. The number of phenols is 1. The van der Waals surface area contributed by atoms with E-state index >= 15 is 0 Å². The molecule has 23 heavy (non-hydrogen) atoms. The van der Waals surface area contributed by atoms with Gasteiger partial charge in [-0.2, -0.15) is 0 Å². The zero-order chi connectivity index (χ0) is 15.8. The first-order chi connectivity index (χ1) is 11.2. The molecule has 0 aliphatic carbocycles. The Hall–Kier alpha value is -2.79. The Balaban J connectivity index is 1.76. The van der Waals surface area contributed by atoms with Crippen LogP contribution in [0.3, 0.4) is 0 Å². The Kier molecular flexibility index (Phi) is 3.28. The summed E-state index contributed by atoms with van der Waals surface area (Å²) in [6.45, 7) is 2.01. The number of aromatic nitrogens is 1. The van der Waals surface area contributed by atoms with Gasteiger partial charge >= 0.3 is 0 Å². The lowest BCUT2D eigenvalue weighted by Crippen LogP contribution is -1.77. The molecular formula is C18H13N3OS. The van der Waals surface area contributed by atoms with Gasteiger partial charge in [-0.25, -0.2) is 4.98 Å². The maximum absolute atomic E-state index is 9.93. The van der Waals surface area contributed by atoms with E-state index in [0.717, 1.165) is 31.6 Å². The SMILES string of the molecule is Cc1cc2c(O)ccc(/N=N/c3ccc4ccccc4n3)c2s1. The molecule has 0 fully saturated rings. The van der Waals surface area contributed by atoms with Crippen LogP contribution in [0.15, 0.2) is 64.8 Å². The second-order valence-corrected chi connectivity index (χ2v) is 6.52. The fourth-order valence-corrected chi connectivity index (χ4v) is 3.50. The number of hydrogen-bond donors (Lipinski definition) is 1. The third kappa shape index (κ3) is 2.55. The first-order valence-electron chi connectivity index (χ1n) is 7.20. The molecule has 0 saturated carbocycles. The summed E-state index contributed by atoms with van der Waals surface area (Å²) in [6, 6.07) is 17.1. The number of benzene rings is 2. The number of hydrogen-bond acceptors (Lipinski definition) is 5. The molecule has 0 aliphatic rings. The number of aromatic hydroxyl groups is 1. The van der Waals surface area contributed by atoms with Gasteiger partial charge in [-0.3, -0.25) is 0 Å². The van der Waals surface area contributed by atoms with E-state index in [0.29, 0.717) is 5.82 Å². The van der Waals surface area contributed by atoms with E-state index in [1.54, 1.807) is 23.5 Å². The van der Waals surface area contributed by atoms with Gasteiger partial charge in [0.25, 0.3) is 0 Å². The summed E-state index contributed by atoms with van der Waals surface area (Å²) in [5.41, 5.74) is 1.64. The molecule has 0 amide bonds. The number of azo groups is 1. The number of fused-ring (bicyclic) bond motifs is 2. The zero-order valence-electron chi connectivity index (χ0n) is 12.4. The summed E-state index contributed by atoms with van der Waals surface area (Å²) < 4.78 is 0.937. The predicted molar refractivity (Wildman–Crippen MR) is 94.1 cm³/mol. The Morgan fingerprint density at radius 2 is 1.87 bits per heavy atom. The molecule has 0 aliphatic heterocycles. The number of rotatable bonds is 2. The monoisotopic (exact) mass is 319 g/mol. The fraction of sp³-hybridized carbons (Fsp3) is 0.0556. The molecule has 2 aromatic carbocycles. The lowest BCUT2D eigenvalue weighted by atomic mass is 10.2. The van der Waals surface area contributed by atoms with Gasteiger partial charge in [0.1, 0.15) is 11.4 Å². The number of thiophene rings is 1. The molecular weight excluding hydrogens is 306 g/mol. The average Bonchev–Trinajstić information content (AvgIpc) is 2.97. The van der Waals surface area contributed by atoms with Crippen LogP contribution in [0.2, 0.25) is 0 Å². The molecule has 0 unspecified atom stereocenters. The predicted octanol–water partition coefficient (Wildman–Crippen LogP) is 5.88. The zero-order valence-corrected chi connectivity index (χ0v) is 13.2. The van der Waals surface area contributed by atoms with Gasteiger partial charge in [0.2, 0.25) is 0 Å². The largest absolute Gasteiger partial charge is 0.507 e. The molecule has 0 spiro atoms. The van der Waals surface area contributed by atoms with E-state index in [1.165, 1.54) is 0 Å². The Morgan fingerprint density at radius 1 is 1.00 bits per heavy atom. The lowest BCUT2D eigenvalue weighted by molar-refractivity contribution is 0.482. The summed E-state index contributed by atoms with van der Waals surface area (Å²) >= 11 is 1.60. The van der Waals surface area contributed by atoms with Gasteiger partial charge < -0.3 is 5.11 Å². The maximum Gasteiger partial charge on any atom is 0.174 e. The smallest absolute Gasteiger partial charge is 0.174 e. The minimum Gasteiger partial charge on any atom is -0.507 e. The topological polar surface area (TPSA) is 57.8 Å². The van der Waals surface area contributed by atoms with Gasteiger partial charge in [0.05, 0.1) is 10.2 Å². The van der Waals surface area contributed by atoms with Crippen molar-refractivity contribution in [1.82, 2.24) is 4.98 Å². The van der Waals surface area contributed by atoms with Gasteiger partial charge in [0.15, 0.2) is 5.82 Å². The second-order valence-electron chi connectivity index (χ2n) is 5.27. The third-order valence-electron chi connectivity index (χ3n) is 3.61. The standard InChI is InChI=1S/C18H13N3OS/c1-11-10-13-16(22)8-7-15(18(13)23-11)20-21-17-9-6-12-4-2-3-5-14(12)19-17/h2-10,22H,1H3/b21-20+. The van der Waals surface area contributed by atoms with Crippen molar-refractivity contribution in [3.8, 4) is 5.75 Å². The normalized spacial score (nSPS) is 11.7. The van der Waals surface area contributed by atoms with Crippen LogP contribution in [-0.4, -0.2) is 10.1 Å². The number of nitrogens with zero attached hydrogens (tertiary/aromatic N) is 3. The number of pyridine rings is 1. The molecule has 5 heteroatoms. The van der Waals surface area contributed by atoms with Gasteiger partial charge in [0, 0.05) is 15.6 Å². The summed E-state index contributed by atoms with van der Waals surface area (Å²) in [5.74, 6) is 0.838. The summed E-state index contributed by atoms with van der Waals surface area (Å²) in [6.07, 6.45) is 0. The number of phenolic OH excluding ortho intramolecular Hbond substituents is 1. The summed E-state index contributed by atoms with van der Waals surface area (Å²) in [7, 11) is 0. The van der Waals surface area contributed by atoms with Crippen molar-refractivity contribution in [2.45, 2.75) is 6.92 Å². The van der Waals surface area contributed by atoms with Crippen LogP contribution < -0.4 is 0 Å². The van der Waals surface area contributed by atoms with Crippen LogP contribution in [0, 0.1) is 6.92 Å². The van der Waals surface area contributed by atoms with Crippen molar-refractivity contribution >= 4 is 43.8 Å². The first kappa shape index (κ1) is 13.8. The molecule has 4 nitrogen and oxygen atoms in total. The third-order valence-corrected chi connectivity index (χ3v) is 4.68. The first-order valence-corrected chi connectivity index (χ1v) is 8.02. The van der Waals surface area contributed by atoms with E-state index in [-0.39, 0.29) is 5.75 Å². The van der Waals surface area contributed by atoms with Gasteiger partial charge in [-0.15, -0.1) is 21.6 Å². The molecule has 4 aromatic rings. The van der Waals surface area contributed by atoms with Crippen LogP contribution >= 0.6 is 11.3 Å². The van der Waals surface area contributed by atoms with Crippen molar-refractivity contribution in [3.05, 3.63) is 59.5 Å². The van der Waals surface area contributed by atoms with Crippen molar-refractivity contribution < 1.29 is 5.11 Å². The molecule has 0 saturated heterocycles. The Morgan fingerprint density at radius 3 is 2.78 bits per heavy atom. The Labute approximate surface area is 136 Å².